The van der Waals surface area contributed by atoms with Crippen molar-refractivity contribution >= 4 is 40.3 Å². The smallest absolute Gasteiger partial charge is 0.262 e. The van der Waals surface area contributed by atoms with Gasteiger partial charge in [-0.2, -0.15) is 0 Å². The fourth-order valence-corrected chi connectivity index (χ4v) is 4.77. The number of fused-ring (bicyclic) bond motifs is 3. The van der Waals surface area contributed by atoms with Crippen molar-refractivity contribution < 1.29 is 9.59 Å². The number of primary amides is 1. The quantitative estimate of drug-likeness (QED) is 0.540. The molecule has 0 aliphatic heterocycles. The van der Waals surface area contributed by atoms with E-state index in [1.807, 2.05) is 6.92 Å². The molecule has 10 heteroatoms. The molecule has 9 nitrogen and oxygen atoms in total. The van der Waals surface area contributed by atoms with Gasteiger partial charge in [-0.3, -0.25) is 23.4 Å². The van der Waals surface area contributed by atoms with Crippen molar-refractivity contribution in [3.05, 3.63) is 34.1 Å². The molecule has 31 heavy (non-hydrogen) atoms. The first kappa shape index (κ1) is 21.4. The molecule has 0 unspecified atom stereocenters. The number of rotatable bonds is 7. The predicted molar refractivity (Wildman–Crippen MR) is 119 cm³/mol. The lowest BCUT2D eigenvalue weighted by Gasteiger charge is -2.22. The van der Waals surface area contributed by atoms with Crippen LogP contribution in [-0.2, 0) is 11.3 Å². The summed E-state index contributed by atoms with van der Waals surface area (Å²) in [6.45, 7) is 2.46. The summed E-state index contributed by atoms with van der Waals surface area (Å²) in [6.07, 6.45) is 6.20. The van der Waals surface area contributed by atoms with Crippen LogP contribution in [0.5, 0.6) is 0 Å². The summed E-state index contributed by atoms with van der Waals surface area (Å²) in [5.74, 6) is -0.201. The molecule has 1 fully saturated rings. The lowest BCUT2D eigenvalue weighted by molar-refractivity contribution is -0.115. The molecule has 2 amide bonds. The van der Waals surface area contributed by atoms with Gasteiger partial charge in [-0.15, -0.1) is 10.2 Å². The molecule has 0 saturated heterocycles. The maximum absolute atomic E-state index is 13.1. The van der Waals surface area contributed by atoms with E-state index in [0.29, 0.717) is 33.9 Å². The number of thioether (sulfide) groups is 1. The van der Waals surface area contributed by atoms with Gasteiger partial charge in [0, 0.05) is 18.2 Å². The van der Waals surface area contributed by atoms with E-state index in [1.54, 1.807) is 27.2 Å². The third-order valence-corrected chi connectivity index (χ3v) is 6.52. The van der Waals surface area contributed by atoms with Crippen LogP contribution in [0.4, 0.5) is 0 Å². The lowest BCUT2D eigenvalue weighted by atomic mass is 9.95. The number of aryl methyl sites for hydroxylation is 1. The molecule has 1 saturated carbocycles. The minimum absolute atomic E-state index is 0.0387. The Labute approximate surface area is 183 Å². The Bertz CT molecular complexity index is 1200. The molecule has 1 aliphatic rings. The first-order chi connectivity index (χ1) is 15.0. The average Bonchev–Trinajstić information content (AvgIpc) is 3.19. The van der Waals surface area contributed by atoms with Crippen molar-refractivity contribution in [3.63, 3.8) is 0 Å². The maximum Gasteiger partial charge on any atom is 0.262 e. The van der Waals surface area contributed by atoms with Crippen LogP contribution in [0.15, 0.2) is 28.2 Å². The Morgan fingerprint density at radius 2 is 2.00 bits per heavy atom. The van der Waals surface area contributed by atoms with Crippen molar-refractivity contribution in [2.75, 3.05) is 5.75 Å². The second kappa shape index (κ2) is 9.09. The molecule has 3 aromatic rings. The molecule has 1 aliphatic carbocycles. The predicted octanol–water partition coefficient (Wildman–Crippen LogP) is 2.09. The van der Waals surface area contributed by atoms with Gasteiger partial charge < -0.3 is 11.1 Å². The molecule has 0 spiro atoms. The second-order valence-electron chi connectivity index (χ2n) is 7.87. The van der Waals surface area contributed by atoms with Crippen LogP contribution in [0.1, 0.15) is 55.8 Å². The van der Waals surface area contributed by atoms with E-state index in [1.165, 1.54) is 6.42 Å². The van der Waals surface area contributed by atoms with E-state index in [4.69, 9.17) is 5.73 Å². The molecular formula is C21H26N6O3S. The van der Waals surface area contributed by atoms with Gasteiger partial charge >= 0.3 is 0 Å². The number of nitrogens with two attached hydrogens (primary N) is 1. The van der Waals surface area contributed by atoms with Crippen LogP contribution in [0.2, 0.25) is 0 Å². The second-order valence-corrected chi connectivity index (χ2v) is 8.81. The average molecular weight is 443 g/mol. The summed E-state index contributed by atoms with van der Waals surface area (Å²) < 4.78 is 3.31. The third-order valence-electron chi connectivity index (χ3n) is 5.57. The Kier molecular flexibility index (Phi) is 6.26. The van der Waals surface area contributed by atoms with Gasteiger partial charge in [0.05, 0.1) is 16.7 Å². The molecule has 3 N–H and O–H groups in total. The summed E-state index contributed by atoms with van der Waals surface area (Å²) in [5.41, 5.74) is 6.14. The van der Waals surface area contributed by atoms with Gasteiger partial charge in [-0.05, 0) is 37.5 Å². The molecule has 0 radical (unpaired) electrons. The summed E-state index contributed by atoms with van der Waals surface area (Å²) in [7, 11) is 0. The molecule has 1 aromatic carbocycles. The van der Waals surface area contributed by atoms with Crippen LogP contribution < -0.4 is 16.6 Å². The molecular weight excluding hydrogens is 416 g/mol. The first-order valence-electron chi connectivity index (χ1n) is 10.6. The van der Waals surface area contributed by atoms with E-state index in [2.05, 4.69) is 15.5 Å². The topological polar surface area (TPSA) is 124 Å². The van der Waals surface area contributed by atoms with Crippen LogP contribution in [0, 0.1) is 0 Å². The standard InChI is InChI=1S/C21H26N6O3S/c1-2-10-26-19(30)15-9-8-13(18(29)23-14-6-4-3-5-7-14)11-16(15)27-20(26)24-25-21(27)31-12-17(22)28/h8-9,11,14H,2-7,10,12H2,1H3,(H2,22,28)(H,23,29). The highest BCUT2D eigenvalue weighted by Crippen LogP contribution is 2.23. The van der Waals surface area contributed by atoms with E-state index in [-0.39, 0.29) is 23.3 Å². The molecule has 164 valence electrons. The highest BCUT2D eigenvalue weighted by Gasteiger charge is 2.20. The fourth-order valence-electron chi connectivity index (χ4n) is 4.09. The molecule has 2 heterocycles. The Balaban J connectivity index is 1.82. The summed E-state index contributed by atoms with van der Waals surface area (Å²) in [6, 6.07) is 5.26. The number of hydrogen-bond donors (Lipinski definition) is 2. The van der Waals surface area contributed by atoms with Gasteiger partial charge in [-0.1, -0.05) is 37.9 Å². The Morgan fingerprint density at radius 1 is 1.23 bits per heavy atom. The normalized spacial score (nSPS) is 14.9. The van der Waals surface area contributed by atoms with Crippen molar-refractivity contribution in [1.29, 1.82) is 0 Å². The number of benzene rings is 1. The van der Waals surface area contributed by atoms with E-state index in [9.17, 15) is 14.4 Å². The minimum atomic E-state index is -0.472. The van der Waals surface area contributed by atoms with Crippen molar-refractivity contribution in [1.82, 2.24) is 24.5 Å². The van der Waals surface area contributed by atoms with Crippen LogP contribution in [-0.4, -0.2) is 42.8 Å². The number of hydrogen-bond acceptors (Lipinski definition) is 6. The summed E-state index contributed by atoms with van der Waals surface area (Å²) in [5, 5.41) is 12.4. The van der Waals surface area contributed by atoms with Crippen LogP contribution in [0.3, 0.4) is 0 Å². The SMILES string of the molecule is CCCn1c(=O)c2ccc(C(=O)NC3CCCCC3)cc2n2c(SCC(N)=O)nnc12. The zero-order valence-corrected chi connectivity index (χ0v) is 18.3. The number of nitrogens with one attached hydrogen (secondary N) is 1. The van der Waals surface area contributed by atoms with E-state index in [0.717, 1.165) is 43.9 Å². The number of aromatic nitrogens is 4. The number of amides is 2. The van der Waals surface area contributed by atoms with Crippen molar-refractivity contribution in [2.45, 2.75) is 63.2 Å². The monoisotopic (exact) mass is 442 g/mol. The van der Waals surface area contributed by atoms with Crippen LogP contribution >= 0.6 is 11.8 Å². The van der Waals surface area contributed by atoms with E-state index >= 15 is 0 Å². The van der Waals surface area contributed by atoms with Gasteiger partial charge in [0.2, 0.25) is 11.7 Å². The Hall–Kier alpha value is -2.88. The summed E-state index contributed by atoms with van der Waals surface area (Å²) in [4.78, 5) is 37.3. The number of nitrogens with zero attached hydrogens (tertiary/aromatic N) is 4. The van der Waals surface area contributed by atoms with Crippen molar-refractivity contribution in [2.24, 2.45) is 5.73 Å². The van der Waals surface area contributed by atoms with Gasteiger partial charge in [0.1, 0.15) is 0 Å². The largest absolute Gasteiger partial charge is 0.369 e. The van der Waals surface area contributed by atoms with Gasteiger partial charge in [-0.25, -0.2) is 0 Å². The molecule has 0 atom stereocenters. The number of carbonyl (C=O) groups excluding carboxylic acids is 2. The van der Waals surface area contributed by atoms with Gasteiger partial charge in [0.15, 0.2) is 5.16 Å². The zero-order valence-electron chi connectivity index (χ0n) is 17.5. The highest BCUT2D eigenvalue weighted by molar-refractivity contribution is 7.99. The van der Waals surface area contributed by atoms with Gasteiger partial charge in [0.25, 0.3) is 11.5 Å². The molecule has 0 bridgehead atoms. The fraction of sp³-hybridized carbons (Fsp3) is 0.476. The first-order valence-corrected chi connectivity index (χ1v) is 11.6. The summed E-state index contributed by atoms with van der Waals surface area (Å²) >= 11 is 1.15. The molecule has 2 aromatic heterocycles. The lowest BCUT2D eigenvalue weighted by Crippen LogP contribution is -2.36. The number of carbonyl (C=O) groups is 2. The van der Waals surface area contributed by atoms with Crippen LogP contribution in [0.25, 0.3) is 16.7 Å². The highest BCUT2D eigenvalue weighted by atomic mass is 32.2. The molecule has 4 rings (SSSR count). The maximum atomic E-state index is 13.1. The van der Waals surface area contributed by atoms with E-state index < -0.39 is 5.91 Å². The minimum Gasteiger partial charge on any atom is -0.369 e. The Morgan fingerprint density at radius 3 is 2.71 bits per heavy atom. The van der Waals surface area contributed by atoms with Crippen molar-refractivity contribution in [3.8, 4) is 0 Å². The zero-order chi connectivity index (χ0) is 22.0. The third kappa shape index (κ3) is 4.30.